The van der Waals surface area contributed by atoms with Crippen molar-refractivity contribution >= 4 is 5.91 Å². The number of carbonyl (C=O) groups excluding carboxylic acids is 1. The van der Waals surface area contributed by atoms with Crippen LogP contribution in [0, 0.1) is 0 Å². The van der Waals surface area contributed by atoms with Crippen molar-refractivity contribution in [3.63, 3.8) is 0 Å². The summed E-state index contributed by atoms with van der Waals surface area (Å²) in [5, 5.41) is 3.48. The van der Waals surface area contributed by atoms with Gasteiger partial charge in [0.1, 0.15) is 0 Å². The number of fused-ring (bicyclic) bond motifs is 1. The number of hydrogen-bond acceptors (Lipinski definition) is 2. The van der Waals surface area contributed by atoms with Crippen LogP contribution in [0.3, 0.4) is 0 Å². The Labute approximate surface area is 116 Å². The van der Waals surface area contributed by atoms with Gasteiger partial charge in [0, 0.05) is 19.1 Å². The second-order valence-corrected chi connectivity index (χ2v) is 5.27. The van der Waals surface area contributed by atoms with E-state index in [1.54, 1.807) is 0 Å². The first-order valence-corrected chi connectivity index (χ1v) is 7.27. The van der Waals surface area contributed by atoms with Crippen LogP contribution in [0.5, 0.6) is 0 Å². The van der Waals surface area contributed by atoms with E-state index in [0.29, 0.717) is 6.04 Å². The number of likely N-dealkylation sites (N-methyl/N-ethyl adjacent to an activating group) is 1. The summed E-state index contributed by atoms with van der Waals surface area (Å²) in [7, 11) is 0. The standard InChI is InChI=1S/C16H24N2O/c1-4-18(5-2)16(19)12(3)17-15-10-13-8-6-7-9-14(13)11-15/h6-9,12,15,17H,4-5,10-11H2,1-3H3. The van der Waals surface area contributed by atoms with Crippen LogP contribution < -0.4 is 5.32 Å². The maximum atomic E-state index is 12.2. The second-order valence-electron chi connectivity index (χ2n) is 5.27. The van der Waals surface area contributed by atoms with Crippen LogP contribution in [0.4, 0.5) is 0 Å². The second kappa shape index (κ2) is 6.20. The number of benzene rings is 1. The van der Waals surface area contributed by atoms with Crippen molar-refractivity contribution in [3.8, 4) is 0 Å². The van der Waals surface area contributed by atoms with Crippen molar-refractivity contribution in [1.82, 2.24) is 10.2 Å². The lowest BCUT2D eigenvalue weighted by Gasteiger charge is -2.25. The molecule has 0 saturated heterocycles. The van der Waals surface area contributed by atoms with Crippen LogP contribution >= 0.6 is 0 Å². The summed E-state index contributed by atoms with van der Waals surface area (Å²) >= 11 is 0. The fourth-order valence-electron chi connectivity index (χ4n) is 2.91. The summed E-state index contributed by atoms with van der Waals surface area (Å²) in [5.74, 6) is 0.209. The fourth-order valence-corrected chi connectivity index (χ4v) is 2.91. The molecule has 0 heterocycles. The van der Waals surface area contributed by atoms with Gasteiger partial charge in [-0.3, -0.25) is 4.79 Å². The van der Waals surface area contributed by atoms with Gasteiger partial charge in [-0.15, -0.1) is 0 Å². The highest BCUT2D eigenvalue weighted by Gasteiger charge is 2.25. The SMILES string of the molecule is CCN(CC)C(=O)C(C)NC1Cc2ccccc2C1. The Kier molecular flexibility index (Phi) is 4.59. The van der Waals surface area contributed by atoms with Gasteiger partial charge in [-0.25, -0.2) is 0 Å². The van der Waals surface area contributed by atoms with Gasteiger partial charge >= 0.3 is 0 Å². The molecule has 1 atom stereocenters. The van der Waals surface area contributed by atoms with Crippen LogP contribution in [-0.4, -0.2) is 36.0 Å². The molecule has 19 heavy (non-hydrogen) atoms. The van der Waals surface area contributed by atoms with Crippen molar-refractivity contribution in [2.75, 3.05) is 13.1 Å². The van der Waals surface area contributed by atoms with Crippen molar-refractivity contribution in [1.29, 1.82) is 0 Å². The molecule has 0 radical (unpaired) electrons. The normalized spacial score (nSPS) is 16.2. The number of carbonyl (C=O) groups is 1. The van der Waals surface area contributed by atoms with E-state index >= 15 is 0 Å². The average molecular weight is 260 g/mol. The lowest BCUT2D eigenvalue weighted by Crippen LogP contribution is -2.48. The predicted octanol–water partition coefficient (Wildman–Crippen LogP) is 2.00. The lowest BCUT2D eigenvalue weighted by atomic mass is 10.1. The van der Waals surface area contributed by atoms with E-state index in [1.165, 1.54) is 11.1 Å². The zero-order valence-corrected chi connectivity index (χ0v) is 12.1. The van der Waals surface area contributed by atoms with Crippen molar-refractivity contribution in [2.24, 2.45) is 0 Å². The number of nitrogens with zero attached hydrogens (tertiary/aromatic N) is 1. The Morgan fingerprint density at radius 3 is 2.26 bits per heavy atom. The third-order valence-corrected chi connectivity index (χ3v) is 3.98. The minimum Gasteiger partial charge on any atom is -0.342 e. The maximum Gasteiger partial charge on any atom is 0.239 e. The van der Waals surface area contributed by atoms with Crippen LogP contribution in [-0.2, 0) is 17.6 Å². The third kappa shape index (κ3) is 3.16. The lowest BCUT2D eigenvalue weighted by molar-refractivity contribution is -0.132. The zero-order chi connectivity index (χ0) is 13.8. The van der Waals surface area contributed by atoms with Gasteiger partial charge in [0.15, 0.2) is 0 Å². The Bertz CT molecular complexity index is 415. The highest BCUT2D eigenvalue weighted by Crippen LogP contribution is 2.22. The highest BCUT2D eigenvalue weighted by atomic mass is 16.2. The summed E-state index contributed by atoms with van der Waals surface area (Å²) in [4.78, 5) is 14.1. The fraction of sp³-hybridized carbons (Fsp3) is 0.562. The molecule has 2 rings (SSSR count). The van der Waals surface area contributed by atoms with Gasteiger partial charge in [0.25, 0.3) is 0 Å². The van der Waals surface area contributed by atoms with Gasteiger partial charge in [-0.05, 0) is 44.7 Å². The first-order chi connectivity index (χ1) is 9.15. The average Bonchev–Trinajstić information content (AvgIpc) is 2.82. The summed E-state index contributed by atoms with van der Waals surface area (Å²) in [5.41, 5.74) is 2.84. The molecular weight excluding hydrogens is 236 g/mol. The predicted molar refractivity (Wildman–Crippen MR) is 78.2 cm³/mol. The molecule has 0 aromatic heterocycles. The van der Waals surface area contributed by atoms with E-state index in [9.17, 15) is 4.79 Å². The molecule has 1 N–H and O–H groups in total. The Morgan fingerprint density at radius 1 is 1.26 bits per heavy atom. The van der Waals surface area contributed by atoms with Crippen molar-refractivity contribution in [3.05, 3.63) is 35.4 Å². The van der Waals surface area contributed by atoms with Gasteiger partial charge in [-0.2, -0.15) is 0 Å². The number of amides is 1. The van der Waals surface area contributed by atoms with Gasteiger partial charge in [-0.1, -0.05) is 24.3 Å². The first kappa shape index (κ1) is 14.1. The van der Waals surface area contributed by atoms with Crippen molar-refractivity contribution < 1.29 is 4.79 Å². The van der Waals surface area contributed by atoms with Gasteiger partial charge < -0.3 is 10.2 Å². The molecule has 1 unspecified atom stereocenters. The molecular formula is C16H24N2O. The zero-order valence-electron chi connectivity index (χ0n) is 12.1. The molecule has 1 aliphatic carbocycles. The summed E-state index contributed by atoms with van der Waals surface area (Å²) in [6, 6.07) is 8.85. The van der Waals surface area contributed by atoms with Gasteiger partial charge in [0.2, 0.25) is 5.91 Å². The monoisotopic (exact) mass is 260 g/mol. The van der Waals surface area contributed by atoms with Crippen LogP contribution in [0.2, 0.25) is 0 Å². The molecule has 3 heteroatoms. The van der Waals surface area contributed by atoms with E-state index in [1.807, 2.05) is 25.7 Å². The van der Waals surface area contributed by atoms with Crippen LogP contribution in [0.25, 0.3) is 0 Å². The number of rotatable bonds is 5. The molecule has 104 valence electrons. The summed E-state index contributed by atoms with van der Waals surface area (Å²) in [6.07, 6.45) is 2.07. The smallest absolute Gasteiger partial charge is 0.239 e. The van der Waals surface area contributed by atoms with E-state index < -0.39 is 0 Å². The molecule has 1 aromatic rings. The molecule has 3 nitrogen and oxygen atoms in total. The molecule has 0 aliphatic heterocycles. The highest BCUT2D eigenvalue weighted by molar-refractivity contribution is 5.81. The molecule has 0 spiro atoms. The Balaban J connectivity index is 1.91. The Morgan fingerprint density at radius 2 is 1.79 bits per heavy atom. The largest absolute Gasteiger partial charge is 0.342 e. The van der Waals surface area contributed by atoms with E-state index in [-0.39, 0.29) is 11.9 Å². The van der Waals surface area contributed by atoms with E-state index in [2.05, 4.69) is 29.6 Å². The molecule has 0 fully saturated rings. The number of nitrogens with one attached hydrogen (secondary N) is 1. The van der Waals surface area contributed by atoms with Crippen LogP contribution in [0.15, 0.2) is 24.3 Å². The summed E-state index contributed by atoms with van der Waals surface area (Å²) < 4.78 is 0. The van der Waals surface area contributed by atoms with Gasteiger partial charge in [0.05, 0.1) is 6.04 Å². The quantitative estimate of drug-likeness (QED) is 0.878. The maximum absolute atomic E-state index is 12.2. The minimum atomic E-state index is -0.0980. The molecule has 1 aliphatic rings. The summed E-state index contributed by atoms with van der Waals surface area (Å²) in [6.45, 7) is 7.60. The van der Waals surface area contributed by atoms with Crippen molar-refractivity contribution in [2.45, 2.75) is 45.7 Å². The minimum absolute atomic E-state index is 0.0980. The third-order valence-electron chi connectivity index (χ3n) is 3.98. The number of hydrogen-bond donors (Lipinski definition) is 1. The van der Waals surface area contributed by atoms with E-state index in [0.717, 1.165) is 25.9 Å². The van der Waals surface area contributed by atoms with E-state index in [4.69, 9.17) is 0 Å². The first-order valence-electron chi connectivity index (χ1n) is 7.27. The Hall–Kier alpha value is -1.35. The van der Waals surface area contributed by atoms with Crippen LogP contribution in [0.1, 0.15) is 31.9 Å². The molecule has 0 saturated carbocycles. The topological polar surface area (TPSA) is 32.3 Å². The molecule has 0 bridgehead atoms. The molecule has 1 aromatic carbocycles. The molecule has 1 amide bonds.